The van der Waals surface area contributed by atoms with Gasteiger partial charge in [0.1, 0.15) is 5.82 Å². The van der Waals surface area contributed by atoms with E-state index >= 15 is 0 Å². The van der Waals surface area contributed by atoms with Crippen LogP contribution in [0.2, 0.25) is 10.0 Å². The molecule has 3 rings (SSSR count). The summed E-state index contributed by atoms with van der Waals surface area (Å²) in [6.45, 7) is 0.380. The van der Waals surface area contributed by atoms with Gasteiger partial charge < -0.3 is 5.11 Å². The van der Waals surface area contributed by atoms with Gasteiger partial charge in [0.2, 0.25) is 0 Å². The minimum absolute atomic E-state index is 0.0652. The molecule has 0 saturated heterocycles. The van der Waals surface area contributed by atoms with Gasteiger partial charge in [0.05, 0.1) is 24.2 Å². The molecule has 1 heterocycles. The Labute approximate surface area is 147 Å². The van der Waals surface area contributed by atoms with Gasteiger partial charge in [-0.25, -0.2) is 4.39 Å². The summed E-state index contributed by atoms with van der Waals surface area (Å²) < 4.78 is 15.3. The van der Waals surface area contributed by atoms with E-state index in [4.69, 9.17) is 28.3 Å². The molecule has 4 nitrogen and oxygen atoms in total. The van der Waals surface area contributed by atoms with Crippen LogP contribution < -0.4 is 0 Å². The molecule has 0 bridgehead atoms. The topological polar surface area (TPSA) is 55.1 Å². The second kappa shape index (κ2) is 6.79. The van der Waals surface area contributed by atoms with Crippen LogP contribution in [0.25, 0.3) is 10.9 Å². The van der Waals surface area contributed by atoms with Crippen LogP contribution in [-0.2, 0) is 17.8 Å². The fraction of sp³-hybridized carbons (Fsp3) is 0.176. The number of aliphatic carboxylic acids is 1. The van der Waals surface area contributed by atoms with E-state index in [2.05, 4.69) is 5.10 Å². The lowest BCUT2D eigenvalue weighted by molar-refractivity contribution is -0.136. The number of aromatic nitrogens is 2. The molecule has 0 saturated carbocycles. The van der Waals surface area contributed by atoms with Crippen LogP contribution in [0.4, 0.5) is 4.39 Å². The minimum atomic E-state index is -0.921. The summed E-state index contributed by atoms with van der Waals surface area (Å²) >= 11 is 12.1. The van der Waals surface area contributed by atoms with Crippen molar-refractivity contribution in [3.63, 3.8) is 0 Å². The molecule has 0 aliphatic rings. The molecule has 0 spiro atoms. The molecule has 124 valence electrons. The molecule has 0 aliphatic carbocycles. The molecule has 0 atom stereocenters. The Balaban J connectivity index is 2.02. The zero-order chi connectivity index (χ0) is 17.3. The lowest BCUT2D eigenvalue weighted by Gasteiger charge is -2.06. The van der Waals surface area contributed by atoms with Crippen LogP contribution in [0.1, 0.15) is 17.7 Å². The highest BCUT2D eigenvalue weighted by Crippen LogP contribution is 2.25. The fourth-order valence-corrected chi connectivity index (χ4v) is 3.03. The summed E-state index contributed by atoms with van der Waals surface area (Å²) in [5.41, 5.74) is 2.10. The number of hydrogen-bond acceptors (Lipinski definition) is 2. The number of aryl methyl sites for hydroxylation is 1. The summed E-state index contributed by atoms with van der Waals surface area (Å²) in [5, 5.41) is 15.0. The molecule has 24 heavy (non-hydrogen) atoms. The Morgan fingerprint density at radius 1 is 1.21 bits per heavy atom. The largest absolute Gasteiger partial charge is 0.481 e. The maximum atomic E-state index is 13.6. The Kier molecular flexibility index (Phi) is 4.73. The van der Waals surface area contributed by atoms with Crippen LogP contribution in [0.15, 0.2) is 36.4 Å². The summed E-state index contributed by atoms with van der Waals surface area (Å²) in [5.74, 6) is -1.31. The van der Waals surface area contributed by atoms with Gasteiger partial charge in [-0.1, -0.05) is 29.3 Å². The second-order valence-electron chi connectivity index (χ2n) is 5.40. The third-order valence-electron chi connectivity index (χ3n) is 3.70. The number of carboxylic acid groups (broad SMARTS) is 1. The maximum Gasteiger partial charge on any atom is 0.303 e. The van der Waals surface area contributed by atoms with E-state index in [0.717, 1.165) is 11.1 Å². The minimum Gasteiger partial charge on any atom is -0.481 e. The van der Waals surface area contributed by atoms with Gasteiger partial charge in [-0.15, -0.1) is 0 Å². The van der Waals surface area contributed by atoms with Crippen LogP contribution in [-0.4, -0.2) is 20.9 Å². The van der Waals surface area contributed by atoms with Crippen LogP contribution in [0.3, 0.4) is 0 Å². The zero-order valence-corrected chi connectivity index (χ0v) is 14.0. The number of fused-ring (bicyclic) bond motifs is 1. The normalized spacial score (nSPS) is 11.1. The van der Waals surface area contributed by atoms with E-state index in [1.807, 2.05) is 0 Å². The Hall–Kier alpha value is -2.11. The number of rotatable bonds is 5. The first-order valence-electron chi connectivity index (χ1n) is 7.24. The molecule has 0 aliphatic heterocycles. The maximum absolute atomic E-state index is 13.6. The predicted octanol–water partition coefficient (Wildman–Crippen LogP) is 4.55. The van der Waals surface area contributed by atoms with Crippen LogP contribution in [0.5, 0.6) is 0 Å². The van der Waals surface area contributed by atoms with Gasteiger partial charge in [-0.2, -0.15) is 5.10 Å². The van der Waals surface area contributed by atoms with Crippen molar-refractivity contribution >= 4 is 40.1 Å². The van der Waals surface area contributed by atoms with E-state index in [0.29, 0.717) is 27.7 Å². The number of halogens is 3. The van der Waals surface area contributed by atoms with Crippen molar-refractivity contribution in [2.24, 2.45) is 0 Å². The van der Waals surface area contributed by atoms with Crippen molar-refractivity contribution in [3.05, 3.63) is 63.5 Å². The molecule has 2 aromatic carbocycles. The lowest BCUT2D eigenvalue weighted by atomic mass is 10.1. The number of nitrogens with zero attached hydrogens (tertiary/aromatic N) is 2. The molecule has 1 N–H and O–H groups in total. The summed E-state index contributed by atoms with van der Waals surface area (Å²) in [4.78, 5) is 10.8. The molecular formula is C17H13Cl2FN2O2. The first-order chi connectivity index (χ1) is 11.4. The second-order valence-corrected chi connectivity index (χ2v) is 6.24. The third kappa shape index (κ3) is 3.52. The summed E-state index contributed by atoms with van der Waals surface area (Å²) in [6, 6.07) is 9.55. The van der Waals surface area contributed by atoms with Crippen molar-refractivity contribution < 1.29 is 14.3 Å². The molecule has 3 aromatic rings. The van der Waals surface area contributed by atoms with Crippen molar-refractivity contribution in [3.8, 4) is 0 Å². The monoisotopic (exact) mass is 366 g/mol. The van der Waals surface area contributed by atoms with Gasteiger partial charge in [-0.3, -0.25) is 9.48 Å². The van der Waals surface area contributed by atoms with Crippen molar-refractivity contribution in [1.82, 2.24) is 9.78 Å². The van der Waals surface area contributed by atoms with E-state index < -0.39 is 5.97 Å². The highest BCUT2D eigenvalue weighted by molar-refractivity contribution is 6.35. The first kappa shape index (κ1) is 16.7. The highest BCUT2D eigenvalue weighted by atomic mass is 35.5. The molecule has 1 aromatic heterocycles. The number of hydrogen-bond donors (Lipinski definition) is 1. The fourth-order valence-electron chi connectivity index (χ4n) is 2.56. The number of carbonyl (C=O) groups is 1. The average Bonchev–Trinajstić information content (AvgIpc) is 2.85. The van der Waals surface area contributed by atoms with Crippen molar-refractivity contribution in [1.29, 1.82) is 0 Å². The van der Waals surface area contributed by atoms with Gasteiger partial charge >= 0.3 is 5.97 Å². The Bertz CT molecular complexity index is 924. The van der Waals surface area contributed by atoms with E-state index in [-0.39, 0.29) is 18.7 Å². The predicted molar refractivity (Wildman–Crippen MR) is 91.2 cm³/mol. The number of benzene rings is 2. The van der Waals surface area contributed by atoms with E-state index in [1.54, 1.807) is 28.9 Å². The molecule has 0 radical (unpaired) electrons. The summed E-state index contributed by atoms with van der Waals surface area (Å²) in [7, 11) is 0. The molecule has 0 amide bonds. The van der Waals surface area contributed by atoms with Gasteiger partial charge in [-0.05, 0) is 35.9 Å². The van der Waals surface area contributed by atoms with E-state index in [1.165, 1.54) is 12.1 Å². The molecule has 0 unspecified atom stereocenters. The number of carboxylic acids is 1. The van der Waals surface area contributed by atoms with Gasteiger partial charge in [0.25, 0.3) is 0 Å². The molecule has 7 heteroatoms. The van der Waals surface area contributed by atoms with Crippen molar-refractivity contribution in [2.75, 3.05) is 0 Å². The van der Waals surface area contributed by atoms with Crippen LogP contribution in [0, 0.1) is 5.82 Å². The smallest absolute Gasteiger partial charge is 0.303 e. The van der Waals surface area contributed by atoms with Gasteiger partial charge in [0, 0.05) is 21.9 Å². The zero-order valence-electron chi connectivity index (χ0n) is 12.5. The van der Waals surface area contributed by atoms with Crippen LogP contribution >= 0.6 is 23.2 Å². The van der Waals surface area contributed by atoms with Crippen molar-refractivity contribution in [2.45, 2.75) is 19.4 Å². The van der Waals surface area contributed by atoms with E-state index in [9.17, 15) is 9.18 Å². The first-order valence-corrected chi connectivity index (χ1v) is 8.00. The standard InChI is InChI=1S/C17H13Cl2FN2O2/c18-11-2-1-10(14(19)7-11)9-22-16-5-3-12(20)8-13(16)15(21-22)4-6-17(23)24/h1-3,5,7-8H,4,6,9H2,(H,23,24). The summed E-state index contributed by atoms with van der Waals surface area (Å²) in [6.07, 6.45) is 0.168. The Morgan fingerprint density at radius 3 is 2.71 bits per heavy atom. The average molecular weight is 367 g/mol. The lowest BCUT2D eigenvalue weighted by Crippen LogP contribution is -2.04. The Morgan fingerprint density at radius 2 is 2.00 bits per heavy atom. The highest BCUT2D eigenvalue weighted by Gasteiger charge is 2.14. The third-order valence-corrected chi connectivity index (χ3v) is 4.29. The van der Waals surface area contributed by atoms with Gasteiger partial charge in [0.15, 0.2) is 0 Å². The molecular weight excluding hydrogens is 354 g/mol. The quantitative estimate of drug-likeness (QED) is 0.720. The molecule has 0 fully saturated rings. The SMILES string of the molecule is O=C(O)CCc1nn(Cc2ccc(Cl)cc2Cl)c2ccc(F)cc12.